The summed E-state index contributed by atoms with van der Waals surface area (Å²) >= 11 is 3.54. The van der Waals surface area contributed by atoms with Crippen LogP contribution in [0.2, 0.25) is 0 Å². The van der Waals surface area contributed by atoms with E-state index >= 15 is 0 Å². The highest BCUT2D eigenvalue weighted by molar-refractivity contribution is 9.10. The molecule has 5 heteroatoms. The summed E-state index contributed by atoms with van der Waals surface area (Å²) < 4.78 is 3.08. The summed E-state index contributed by atoms with van der Waals surface area (Å²) in [5.41, 5.74) is 1.25. The second kappa shape index (κ2) is 6.66. The van der Waals surface area contributed by atoms with Crippen LogP contribution in [0.1, 0.15) is 24.7 Å². The van der Waals surface area contributed by atoms with E-state index in [0.717, 1.165) is 36.4 Å². The quantitative estimate of drug-likeness (QED) is 0.892. The lowest BCUT2D eigenvalue weighted by Crippen LogP contribution is -2.17. The van der Waals surface area contributed by atoms with Crippen LogP contribution in [0.15, 0.2) is 35.1 Å². The molecule has 1 N–H and O–H groups in total. The maximum atomic E-state index is 4.27. The lowest BCUT2D eigenvalue weighted by Gasteiger charge is -2.07. The van der Waals surface area contributed by atoms with Gasteiger partial charge in [-0.15, -0.1) is 0 Å². The van der Waals surface area contributed by atoms with Gasteiger partial charge in [-0.1, -0.05) is 41.1 Å². The molecule has 0 aliphatic heterocycles. The molecule has 0 aliphatic carbocycles. The van der Waals surface area contributed by atoms with Crippen LogP contribution in [0, 0.1) is 0 Å². The van der Waals surface area contributed by atoms with E-state index in [2.05, 4.69) is 50.4 Å². The molecule has 2 aromatic rings. The van der Waals surface area contributed by atoms with Crippen LogP contribution in [-0.2, 0) is 19.6 Å². The molecule has 0 atom stereocenters. The van der Waals surface area contributed by atoms with Crippen molar-refractivity contribution in [2.75, 3.05) is 0 Å². The molecule has 0 aliphatic rings. The molecule has 18 heavy (non-hydrogen) atoms. The van der Waals surface area contributed by atoms with Gasteiger partial charge in [0.1, 0.15) is 12.2 Å². The molecule has 0 radical (unpaired) electrons. The van der Waals surface area contributed by atoms with Crippen LogP contribution in [0.4, 0.5) is 0 Å². The fraction of sp³-hybridized carbons (Fsp3) is 0.385. The summed E-state index contributed by atoms with van der Waals surface area (Å²) in [5.74, 6) is 0.990. The molecule has 0 saturated heterocycles. The Hall–Kier alpha value is -1.20. The average molecular weight is 309 g/mol. The zero-order valence-electron chi connectivity index (χ0n) is 10.4. The molecule has 1 aromatic carbocycles. The number of rotatable bonds is 6. The Kier molecular flexibility index (Phi) is 4.90. The summed E-state index contributed by atoms with van der Waals surface area (Å²) in [6.45, 7) is 4.62. The first-order valence-electron chi connectivity index (χ1n) is 6.12. The number of benzene rings is 1. The molecule has 1 aromatic heterocycles. The predicted octanol–water partition coefficient (Wildman–Crippen LogP) is 2.74. The van der Waals surface area contributed by atoms with E-state index in [1.54, 1.807) is 6.33 Å². The highest BCUT2D eigenvalue weighted by Crippen LogP contribution is 2.15. The number of nitrogens with one attached hydrogen (secondary N) is 1. The van der Waals surface area contributed by atoms with Crippen molar-refractivity contribution in [1.29, 1.82) is 0 Å². The van der Waals surface area contributed by atoms with Crippen molar-refractivity contribution >= 4 is 15.9 Å². The number of aryl methyl sites for hydroxylation is 1. The van der Waals surface area contributed by atoms with E-state index in [4.69, 9.17) is 0 Å². The summed E-state index contributed by atoms with van der Waals surface area (Å²) in [6.07, 6.45) is 2.69. The molecule has 2 rings (SSSR count). The third-order valence-corrected chi connectivity index (χ3v) is 3.46. The largest absolute Gasteiger partial charge is 0.306 e. The van der Waals surface area contributed by atoms with Gasteiger partial charge in [0.2, 0.25) is 0 Å². The van der Waals surface area contributed by atoms with Crippen LogP contribution in [0.5, 0.6) is 0 Å². The molecule has 96 valence electrons. The van der Waals surface area contributed by atoms with Crippen molar-refractivity contribution in [2.24, 2.45) is 0 Å². The standard InChI is InChI=1S/C13H17BrN4/c1-2-7-18-13(16-10-17-18)9-15-8-11-5-3-4-6-12(11)14/h3-6,10,15H,2,7-9H2,1H3. The molecular formula is C13H17BrN4. The SMILES string of the molecule is CCCn1ncnc1CNCc1ccccc1Br. The first-order chi connectivity index (χ1) is 8.81. The van der Waals surface area contributed by atoms with Crippen LogP contribution in [0.3, 0.4) is 0 Å². The van der Waals surface area contributed by atoms with Gasteiger partial charge in [0, 0.05) is 17.6 Å². The van der Waals surface area contributed by atoms with E-state index in [1.807, 2.05) is 16.8 Å². The molecule has 1 heterocycles. The van der Waals surface area contributed by atoms with Crippen molar-refractivity contribution in [3.63, 3.8) is 0 Å². The van der Waals surface area contributed by atoms with Crippen molar-refractivity contribution < 1.29 is 0 Å². The summed E-state index contributed by atoms with van der Waals surface area (Å²) in [5, 5.41) is 7.60. The van der Waals surface area contributed by atoms with Gasteiger partial charge in [0.05, 0.1) is 6.54 Å². The van der Waals surface area contributed by atoms with Gasteiger partial charge >= 0.3 is 0 Å². The highest BCUT2D eigenvalue weighted by Gasteiger charge is 2.03. The molecular weight excluding hydrogens is 292 g/mol. The number of hydrogen-bond acceptors (Lipinski definition) is 3. The van der Waals surface area contributed by atoms with E-state index in [1.165, 1.54) is 5.56 Å². The number of aromatic nitrogens is 3. The third kappa shape index (κ3) is 3.40. The lowest BCUT2D eigenvalue weighted by atomic mass is 10.2. The number of hydrogen-bond donors (Lipinski definition) is 1. The van der Waals surface area contributed by atoms with E-state index in [0.29, 0.717) is 0 Å². The minimum Gasteiger partial charge on any atom is -0.306 e. The van der Waals surface area contributed by atoms with Crippen LogP contribution in [-0.4, -0.2) is 14.8 Å². The molecule has 0 saturated carbocycles. The van der Waals surface area contributed by atoms with Gasteiger partial charge < -0.3 is 5.32 Å². The van der Waals surface area contributed by atoms with Gasteiger partial charge in [0.15, 0.2) is 0 Å². The van der Waals surface area contributed by atoms with Crippen molar-refractivity contribution in [3.05, 3.63) is 46.5 Å². The van der Waals surface area contributed by atoms with Crippen molar-refractivity contribution in [2.45, 2.75) is 33.0 Å². The van der Waals surface area contributed by atoms with E-state index < -0.39 is 0 Å². The maximum Gasteiger partial charge on any atom is 0.140 e. The molecule has 0 unspecified atom stereocenters. The number of nitrogens with zero attached hydrogens (tertiary/aromatic N) is 3. The zero-order chi connectivity index (χ0) is 12.8. The first kappa shape index (κ1) is 13.2. The Bertz CT molecular complexity index is 495. The lowest BCUT2D eigenvalue weighted by molar-refractivity contribution is 0.542. The van der Waals surface area contributed by atoms with E-state index in [9.17, 15) is 0 Å². The van der Waals surface area contributed by atoms with Crippen LogP contribution in [0.25, 0.3) is 0 Å². The monoisotopic (exact) mass is 308 g/mol. The van der Waals surface area contributed by atoms with E-state index in [-0.39, 0.29) is 0 Å². The van der Waals surface area contributed by atoms with Crippen LogP contribution < -0.4 is 5.32 Å². The van der Waals surface area contributed by atoms with Gasteiger partial charge in [-0.05, 0) is 18.1 Å². The molecule has 0 spiro atoms. The Morgan fingerprint density at radius 2 is 2.11 bits per heavy atom. The smallest absolute Gasteiger partial charge is 0.140 e. The molecule has 0 bridgehead atoms. The van der Waals surface area contributed by atoms with Gasteiger partial charge in [-0.3, -0.25) is 0 Å². The van der Waals surface area contributed by atoms with Gasteiger partial charge in [-0.2, -0.15) is 5.10 Å². The average Bonchev–Trinajstić information content (AvgIpc) is 2.80. The Balaban J connectivity index is 1.88. The summed E-state index contributed by atoms with van der Waals surface area (Å²) in [6, 6.07) is 8.22. The van der Waals surface area contributed by atoms with Crippen LogP contribution >= 0.6 is 15.9 Å². The predicted molar refractivity (Wildman–Crippen MR) is 75.0 cm³/mol. The fourth-order valence-corrected chi connectivity index (χ4v) is 2.20. The van der Waals surface area contributed by atoms with Crippen molar-refractivity contribution in [1.82, 2.24) is 20.1 Å². The Labute approximate surface area is 116 Å². The Morgan fingerprint density at radius 1 is 1.28 bits per heavy atom. The maximum absolute atomic E-state index is 4.27. The molecule has 0 amide bonds. The topological polar surface area (TPSA) is 42.7 Å². The highest BCUT2D eigenvalue weighted by atomic mass is 79.9. The number of halogens is 1. The minimum atomic E-state index is 0.737. The summed E-state index contributed by atoms with van der Waals surface area (Å²) in [7, 11) is 0. The normalized spacial score (nSPS) is 10.8. The zero-order valence-corrected chi connectivity index (χ0v) is 12.0. The minimum absolute atomic E-state index is 0.737. The molecule has 0 fully saturated rings. The van der Waals surface area contributed by atoms with Gasteiger partial charge in [-0.25, -0.2) is 9.67 Å². The fourth-order valence-electron chi connectivity index (χ4n) is 1.77. The van der Waals surface area contributed by atoms with Crippen molar-refractivity contribution in [3.8, 4) is 0 Å². The Morgan fingerprint density at radius 3 is 2.89 bits per heavy atom. The second-order valence-electron chi connectivity index (χ2n) is 4.09. The molecule has 4 nitrogen and oxygen atoms in total. The third-order valence-electron chi connectivity index (χ3n) is 2.69. The van der Waals surface area contributed by atoms with Gasteiger partial charge in [0.25, 0.3) is 0 Å². The summed E-state index contributed by atoms with van der Waals surface area (Å²) in [4.78, 5) is 4.27. The first-order valence-corrected chi connectivity index (χ1v) is 6.91. The second-order valence-corrected chi connectivity index (χ2v) is 4.95.